The number of ether oxygens (including phenoxy) is 3. The zero-order valence-electron chi connectivity index (χ0n) is 13.7. The summed E-state index contributed by atoms with van der Waals surface area (Å²) in [6, 6.07) is 8.74. The van der Waals surface area contributed by atoms with E-state index >= 15 is 0 Å². The van der Waals surface area contributed by atoms with E-state index in [1.165, 1.54) is 14.2 Å². The van der Waals surface area contributed by atoms with Gasteiger partial charge in [0.25, 0.3) is 0 Å². The Morgan fingerprint density at radius 2 is 1.67 bits per heavy atom. The third-order valence-electron chi connectivity index (χ3n) is 3.94. The van der Waals surface area contributed by atoms with E-state index in [9.17, 15) is 4.79 Å². The first-order valence-corrected chi connectivity index (χ1v) is 7.30. The van der Waals surface area contributed by atoms with Crippen LogP contribution in [0.5, 0.6) is 17.2 Å². The second kappa shape index (κ2) is 6.16. The molecule has 1 aromatic heterocycles. The Labute approximate surface area is 139 Å². The highest BCUT2D eigenvalue weighted by atomic mass is 16.5. The smallest absolute Gasteiger partial charge is 0.195 e. The fourth-order valence-electron chi connectivity index (χ4n) is 2.65. The fourth-order valence-corrected chi connectivity index (χ4v) is 2.65. The predicted octanol–water partition coefficient (Wildman–Crippen LogP) is 3.01. The summed E-state index contributed by atoms with van der Waals surface area (Å²) in [6.07, 6.45) is 1.68. The van der Waals surface area contributed by atoms with E-state index in [0.717, 1.165) is 16.7 Å². The van der Waals surface area contributed by atoms with Gasteiger partial charge in [-0.2, -0.15) is 0 Å². The maximum atomic E-state index is 12.9. The molecule has 3 N–H and O–H groups in total. The average Bonchev–Trinajstić information content (AvgIpc) is 3.04. The molecule has 124 valence electrons. The first kappa shape index (κ1) is 15.7. The molecule has 6 nitrogen and oxygen atoms in total. The number of fused-ring (bicyclic) bond motifs is 1. The Kier molecular flexibility index (Phi) is 4.04. The van der Waals surface area contributed by atoms with Gasteiger partial charge in [-0.1, -0.05) is 0 Å². The number of nitrogens with two attached hydrogens (primary N) is 1. The number of carbonyl (C=O) groups excluding carboxylic acids is 1. The zero-order chi connectivity index (χ0) is 17.3. The standard InChI is InChI=1S/C18H18N2O4/c1-22-11-4-5-12-13(9-20-14(12)8-11)18(21)10-6-15(23-2)17(19)16(7-10)24-3/h4-9,20H,19H2,1-3H3. The lowest BCUT2D eigenvalue weighted by molar-refractivity contribution is 0.103. The summed E-state index contributed by atoms with van der Waals surface area (Å²) in [7, 11) is 4.60. The van der Waals surface area contributed by atoms with Crippen LogP contribution in [0.3, 0.4) is 0 Å². The first-order chi connectivity index (χ1) is 11.6. The molecular weight excluding hydrogens is 308 g/mol. The molecule has 0 unspecified atom stereocenters. The van der Waals surface area contributed by atoms with Gasteiger partial charge in [-0.05, 0) is 24.3 Å². The molecule has 3 aromatic rings. The topological polar surface area (TPSA) is 86.6 Å². The average molecular weight is 326 g/mol. The number of hydrogen-bond acceptors (Lipinski definition) is 5. The number of rotatable bonds is 5. The molecule has 0 spiro atoms. The number of ketones is 1. The number of anilines is 1. The molecular formula is C18H18N2O4. The van der Waals surface area contributed by atoms with E-state index in [4.69, 9.17) is 19.9 Å². The van der Waals surface area contributed by atoms with E-state index in [1.54, 1.807) is 25.4 Å². The van der Waals surface area contributed by atoms with E-state index in [-0.39, 0.29) is 5.78 Å². The van der Waals surface area contributed by atoms with Crippen molar-refractivity contribution in [2.24, 2.45) is 0 Å². The molecule has 3 rings (SSSR count). The zero-order valence-corrected chi connectivity index (χ0v) is 13.7. The van der Waals surface area contributed by atoms with Gasteiger partial charge in [-0.15, -0.1) is 0 Å². The maximum absolute atomic E-state index is 12.9. The summed E-state index contributed by atoms with van der Waals surface area (Å²) in [5, 5.41) is 0.815. The van der Waals surface area contributed by atoms with Crippen molar-refractivity contribution in [3.8, 4) is 17.2 Å². The number of aromatic amines is 1. The van der Waals surface area contributed by atoms with Crippen LogP contribution < -0.4 is 19.9 Å². The minimum absolute atomic E-state index is 0.150. The van der Waals surface area contributed by atoms with Crippen LogP contribution in [0.25, 0.3) is 10.9 Å². The highest BCUT2D eigenvalue weighted by molar-refractivity contribution is 6.17. The Hall–Kier alpha value is -3.15. The minimum atomic E-state index is -0.150. The van der Waals surface area contributed by atoms with Crippen LogP contribution in [0.1, 0.15) is 15.9 Å². The highest BCUT2D eigenvalue weighted by Gasteiger charge is 2.18. The summed E-state index contributed by atoms with van der Waals surface area (Å²) < 4.78 is 15.7. The van der Waals surface area contributed by atoms with Crippen molar-refractivity contribution in [1.29, 1.82) is 0 Å². The van der Waals surface area contributed by atoms with Crippen LogP contribution in [0, 0.1) is 0 Å². The van der Waals surface area contributed by atoms with Crippen molar-refractivity contribution in [2.45, 2.75) is 0 Å². The number of benzene rings is 2. The van der Waals surface area contributed by atoms with Crippen molar-refractivity contribution < 1.29 is 19.0 Å². The molecule has 0 aliphatic carbocycles. The highest BCUT2D eigenvalue weighted by Crippen LogP contribution is 2.34. The van der Waals surface area contributed by atoms with Gasteiger partial charge in [0.1, 0.15) is 22.9 Å². The van der Waals surface area contributed by atoms with Gasteiger partial charge >= 0.3 is 0 Å². The lowest BCUT2D eigenvalue weighted by Gasteiger charge is -2.11. The van der Waals surface area contributed by atoms with Crippen LogP contribution in [0.4, 0.5) is 5.69 Å². The SMILES string of the molecule is COc1ccc2c(C(=O)c3cc(OC)c(N)c(OC)c3)c[nH]c2c1. The van der Waals surface area contributed by atoms with Gasteiger partial charge in [0.15, 0.2) is 5.78 Å². The van der Waals surface area contributed by atoms with E-state index in [1.807, 2.05) is 18.2 Å². The summed E-state index contributed by atoms with van der Waals surface area (Å²) in [4.78, 5) is 16.0. The van der Waals surface area contributed by atoms with Crippen LogP contribution in [-0.2, 0) is 0 Å². The summed E-state index contributed by atoms with van der Waals surface area (Å²) in [6.45, 7) is 0. The Bertz CT molecular complexity index is 890. The van der Waals surface area contributed by atoms with Crippen LogP contribution in [0.2, 0.25) is 0 Å². The molecule has 1 heterocycles. The third-order valence-corrected chi connectivity index (χ3v) is 3.94. The Balaban J connectivity index is 2.09. The predicted molar refractivity (Wildman–Crippen MR) is 92.2 cm³/mol. The van der Waals surface area contributed by atoms with Gasteiger partial charge < -0.3 is 24.9 Å². The van der Waals surface area contributed by atoms with E-state index in [2.05, 4.69) is 4.98 Å². The second-order valence-electron chi connectivity index (χ2n) is 5.24. The Morgan fingerprint density at radius 1 is 1.00 bits per heavy atom. The largest absolute Gasteiger partial charge is 0.497 e. The number of carbonyl (C=O) groups is 1. The van der Waals surface area contributed by atoms with Crippen LogP contribution in [-0.4, -0.2) is 32.1 Å². The summed E-state index contributed by atoms with van der Waals surface area (Å²) in [5.74, 6) is 1.38. The molecule has 0 atom stereocenters. The summed E-state index contributed by atoms with van der Waals surface area (Å²) >= 11 is 0. The van der Waals surface area contributed by atoms with Crippen LogP contribution >= 0.6 is 0 Å². The number of hydrogen-bond donors (Lipinski definition) is 2. The number of methoxy groups -OCH3 is 3. The number of nitrogens with one attached hydrogen (secondary N) is 1. The number of H-pyrrole nitrogens is 1. The van der Waals surface area contributed by atoms with Crippen molar-refractivity contribution in [3.63, 3.8) is 0 Å². The maximum Gasteiger partial charge on any atom is 0.195 e. The first-order valence-electron chi connectivity index (χ1n) is 7.30. The van der Waals surface area contributed by atoms with E-state index in [0.29, 0.717) is 28.3 Å². The lowest BCUT2D eigenvalue weighted by atomic mass is 10.0. The molecule has 0 fully saturated rings. The van der Waals surface area contributed by atoms with Gasteiger partial charge in [-0.3, -0.25) is 4.79 Å². The molecule has 24 heavy (non-hydrogen) atoms. The quantitative estimate of drug-likeness (QED) is 0.556. The number of nitrogen functional groups attached to an aromatic ring is 1. The van der Waals surface area contributed by atoms with Crippen molar-refractivity contribution in [3.05, 3.63) is 47.7 Å². The molecule has 0 amide bonds. The monoisotopic (exact) mass is 326 g/mol. The molecule has 6 heteroatoms. The van der Waals surface area contributed by atoms with Crippen LogP contribution in [0.15, 0.2) is 36.5 Å². The number of aromatic nitrogens is 1. The second-order valence-corrected chi connectivity index (χ2v) is 5.24. The summed E-state index contributed by atoms with van der Waals surface area (Å²) in [5.41, 5.74) is 8.12. The molecule has 0 bridgehead atoms. The van der Waals surface area contributed by atoms with E-state index < -0.39 is 0 Å². The molecule has 0 saturated heterocycles. The minimum Gasteiger partial charge on any atom is -0.497 e. The van der Waals surface area contributed by atoms with Crippen molar-refractivity contribution >= 4 is 22.4 Å². The third kappa shape index (κ3) is 2.52. The van der Waals surface area contributed by atoms with Gasteiger partial charge in [0, 0.05) is 34.3 Å². The van der Waals surface area contributed by atoms with Gasteiger partial charge in [0.05, 0.1) is 21.3 Å². The lowest BCUT2D eigenvalue weighted by Crippen LogP contribution is -2.04. The van der Waals surface area contributed by atoms with Gasteiger partial charge in [-0.25, -0.2) is 0 Å². The Morgan fingerprint density at radius 3 is 2.25 bits per heavy atom. The fraction of sp³-hybridized carbons (Fsp3) is 0.167. The normalized spacial score (nSPS) is 10.6. The molecule has 0 saturated carbocycles. The van der Waals surface area contributed by atoms with Crippen molar-refractivity contribution in [2.75, 3.05) is 27.1 Å². The molecule has 0 aliphatic heterocycles. The molecule has 0 radical (unpaired) electrons. The van der Waals surface area contributed by atoms with Crippen molar-refractivity contribution in [1.82, 2.24) is 4.98 Å². The molecule has 2 aromatic carbocycles. The molecule has 0 aliphatic rings. The van der Waals surface area contributed by atoms with Gasteiger partial charge in [0.2, 0.25) is 0 Å².